The third kappa shape index (κ3) is 1.43. The van der Waals surface area contributed by atoms with Crippen molar-refractivity contribution in [3.05, 3.63) is 33.9 Å². The molecule has 2 aromatic rings. The number of rotatable bonds is 1. The van der Waals surface area contributed by atoms with E-state index in [1.54, 1.807) is 0 Å². The lowest BCUT2D eigenvalue weighted by Gasteiger charge is -1.96. The van der Waals surface area contributed by atoms with Crippen LogP contribution >= 0.6 is 11.3 Å². The standard InChI is InChI=1S/C12H12N2S/c1-8-4-5-11(15-8)10-7-14-12-9(10)3-2-6-13-12/h3-5,7H,2,6H2,1H3,(H,13,14). The van der Waals surface area contributed by atoms with Crippen molar-refractivity contribution in [1.82, 2.24) is 4.98 Å². The number of aromatic amines is 1. The molecule has 15 heavy (non-hydrogen) atoms. The Balaban J connectivity index is 2.26. The van der Waals surface area contributed by atoms with Gasteiger partial charge >= 0.3 is 0 Å². The lowest BCUT2D eigenvalue weighted by molar-refractivity contribution is 0.936. The van der Waals surface area contributed by atoms with Crippen LogP contribution in [0.5, 0.6) is 0 Å². The summed E-state index contributed by atoms with van der Waals surface area (Å²) in [7, 11) is 0. The van der Waals surface area contributed by atoms with Crippen molar-refractivity contribution in [2.45, 2.75) is 13.3 Å². The molecule has 0 radical (unpaired) electrons. The van der Waals surface area contributed by atoms with Gasteiger partial charge in [0.25, 0.3) is 0 Å². The van der Waals surface area contributed by atoms with E-state index in [2.05, 4.69) is 41.3 Å². The predicted octanol–water partition coefficient (Wildman–Crippen LogP) is 1.86. The zero-order chi connectivity index (χ0) is 10.3. The molecule has 0 aliphatic carbocycles. The predicted molar refractivity (Wildman–Crippen MR) is 63.6 cm³/mol. The Morgan fingerprint density at radius 1 is 1.40 bits per heavy atom. The molecule has 0 saturated heterocycles. The van der Waals surface area contributed by atoms with Crippen LogP contribution in [0.2, 0.25) is 0 Å². The molecule has 0 spiro atoms. The molecular weight excluding hydrogens is 204 g/mol. The third-order valence-electron chi connectivity index (χ3n) is 2.65. The first-order chi connectivity index (χ1) is 7.34. The number of aryl methyl sites for hydroxylation is 1. The van der Waals surface area contributed by atoms with E-state index in [1.807, 2.05) is 11.3 Å². The molecule has 1 aliphatic rings. The largest absolute Gasteiger partial charge is 0.346 e. The van der Waals surface area contributed by atoms with Crippen molar-refractivity contribution >= 4 is 17.4 Å². The third-order valence-corrected chi connectivity index (χ3v) is 3.69. The molecule has 2 nitrogen and oxygen atoms in total. The van der Waals surface area contributed by atoms with Gasteiger partial charge in [0.15, 0.2) is 0 Å². The molecular formula is C12H12N2S. The number of nitrogens with zero attached hydrogens (tertiary/aromatic N) is 1. The van der Waals surface area contributed by atoms with E-state index in [0.717, 1.165) is 18.5 Å². The van der Waals surface area contributed by atoms with Crippen LogP contribution < -0.4 is 10.7 Å². The minimum atomic E-state index is 0.913. The van der Waals surface area contributed by atoms with Crippen LogP contribution in [0.1, 0.15) is 11.3 Å². The van der Waals surface area contributed by atoms with Gasteiger partial charge in [0.2, 0.25) is 0 Å². The molecule has 2 aromatic heterocycles. The Morgan fingerprint density at radius 3 is 3.13 bits per heavy atom. The maximum absolute atomic E-state index is 4.46. The zero-order valence-corrected chi connectivity index (χ0v) is 9.40. The summed E-state index contributed by atoms with van der Waals surface area (Å²) >= 11 is 1.84. The van der Waals surface area contributed by atoms with E-state index in [-0.39, 0.29) is 0 Å². The van der Waals surface area contributed by atoms with E-state index in [4.69, 9.17) is 0 Å². The van der Waals surface area contributed by atoms with Crippen molar-refractivity contribution in [1.29, 1.82) is 0 Å². The lowest BCUT2D eigenvalue weighted by atomic mass is 10.2. The second kappa shape index (κ2) is 3.35. The number of nitrogens with one attached hydrogen (secondary N) is 1. The summed E-state index contributed by atoms with van der Waals surface area (Å²) in [6.07, 6.45) is 5.41. The van der Waals surface area contributed by atoms with Gasteiger partial charge in [0.1, 0.15) is 5.49 Å². The molecule has 0 unspecified atom stereocenters. The van der Waals surface area contributed by atoms with Gasteiger partial charge in [-0.3, -0.25) is 4.99 Å². The van der Waals surface area contributed by atoms with Gasteiger partial charge in [-0.05, 0) is 25.5 Å². The highest BCUT2D eigenvalue weighted by molar-refractivity contribution is 7.15. The van der Waals surface area contributed by atoms with Crippen molar-refractivity contribution < 1.29 is 0 Å². The van der Waals surface area contributed by atoms with Crippen LogP contribution in [0, 0.1) is 6.92 Å². The first-order valence-electron chi connectivity index (χ1n) is 5.13. The molecule has 76 valence electrons. The fraction of sp³-hybridized carbons (Fsp3) is 0.250. The number of aromatic nitrogens is 1. The van der Waals surface area contributed by atoms with Gasteiger partial charge in [-0.25, -0.2) is 0 Å². The molecule has 3 rings (SSSR count). The monoisotopic (exact) mass is 216 g/mol. The number of H-pyrrole nitrogens is 1. The summed E-state index contributed by atoms with van der Waals surface area (Å²) in [4.78, 5) is 10.4. The first kappa shape index (κ1) is 8.92. The van der Waals surface area contributed by atoms with Gasteiger partial charge in [0.05, 0.1) is 0 Å². The molecule has 0 fully saturated rings. The molecule has 0 bridgehead atoms. The fourth-order valence-corrected chi connectivity index (χ4v) is 2.83. The highest BCUT2D eigenvalue weighted by atomic mass is 32.1. The van der Waals surface area contributed by atoms with Gasteiger partial charge < -0.3 is 4.98 Å². The maximum atomic E-state index is 4.46. The summed E-state index contributed by atoms with van der Waals surface area (Å²) in [6, 6.07) is 4.35. The minimum Gasteiger partial charge on any atom is -0.346 e. The van der Waals surface area contributed by atoms with E-state index in [9.17, 15) is 0 Å². The van der Waals surface area contributed by atoms with Gasteiger partial charge in [-0.2, -0.15) is 0 Å². The Kier molecular flexibility index (Phi) is 1.99. The Bertz CT molecular complexity index is 604. The highest BCUT2D eigenvalue weighted by Gasteiger charge is 2.07. The number of hydrogen-bond acceptors (Lipinski definition) is 2. The SMILES string of the molecule is Cc1ccc(-c2c[nH]c3c2=CCCN=3)s1. The molecule has 1 aliphatic heterocycles. The summed E-state index contributed by atoms with van der Waals surface area (Å²) < 4.78 is 0. The Hall–Kier alpha value is -1.35. The summed E-state index contributed by atoms with van der Waals surface area (Å²) in [5.41, 5.74) is 2.34. The van der Waals surface area contributed by atoms with Crippen LogP contribution in [-0.2, 0) is 0 Å². The lowest BCUT2D eigenvalue weighted by Crippen LogP contribution is -2.27. The molecule has 0 aromatic carbocycles. The average Bonchev–Trinajstić information content (AvgIpc) is 2.83. The number of thiophene rings is 1. The molecule has 0 saturated carbocycles. The summed E-state index contributed by atoms with van der Waals surface area (Å²) in [5.74, 6) is 0. The fourth-order valence-electron chi connectivity index (χ4n) is 1.93. The number of fused-ring (bicyclic) bond motifs is 1. The van der Waals surface area contributed by atoms with Crippen molar-refractivity contribution in [3.63, 3.8) is 0 Å². The molecule has 0 atom stereocenters. The van der Waals surface area contributed by atoms with Crippen LogP contribution in [0.3, 0.4) is 0 Å². The van der Waals surface area contributed by atoms with Gasteiger partial charge in [-0.1, -0.05) is 6.08 Å². The summed E-state index contributed by atoms with van der Waals surface area (Å²) in [5, 5.41) is 1.28. The van der Waals surface area contributed by atoms with E-state index in [0.29, 0.717) is 0 Å². The van der Waals surface area contributed by atoms with Crippen molar-refractivity contribution in [2.75, 3.05) is 6.54 Å². The topological polar surface area (TPSA) is 28.1 Å². The average molecular weight is 216 g/mol. The Morgan fingerprint density at radius 2 is 2.33 bits per heavy atom. The van der Waals surface area contributed by atoms with E-state index >= 15 is 0 Å². The van der Waals surface area contributed by atoms with E-state index < -0.39 is 0 Å². The van der Waals surface area contributed by atoms with Crippen LogP contribution in [0.15, 0.2) is 23.3 Å². The van der Waals surface area contributed by atoms with Crippen LogP contribution in [0.4, 0.5) is 0 Å². The highest BCUT2D eigenvalue weighted by Crippen LogP contribution is 2.24. The van der Waals surface area contributed by atoms with Gasteiger partial charge in [0, 0.05) is 33.3 Å². The second-order valence-corrected chi connectivity index (χ2v) is 5.04. The smallest absolute Gasteiger partial charge is 0.132 e. The Labute approximate surface area is 92.0 Å². The van der Waals surface area contributed by atoms with Crippen LogP contribution in [-0.4, -0.2) is 11.5 Å². The first-order valence-corrected chi connectivity index (χ1v) is 5.95. The van der Waals surface area contributed by atoms with Crippen LogP contribution in [0.25, 0.3) is 16.5 Å². The zero-order valence-electron chi connectivity index (χ0n) is 8.58. The van der Waals surface area contributed by atoms with Crippen molar-refractivity contribution in [2.24, 2.45) is 4.99 Å². The number of hydrogen-bond donors (Lipinski definition) is 1. The normalized spacial score (nSPS) is 14.2. The summed E-state index contributed by atoms with van der Waals surface area (Å²) in [6.45, 7) is 3.05. The second-order valence-electron chi connectivity index (χ2n) is 3.75. The van der Waals surface area contributed by atoms with Gasteiger partial charge in [-0.15, -0.1) is 11.3 Å². The van der Waals surface area contributed by atoms with E-state index in [1.165, 1.54) is 20.5 Å². The maximum Gasteiger partial charge on any atom is 0.132 e. The quantitative estimate of drug-likeness (QED) is 0.753. The molecule has 3 heterocycles. The molecule has 1 N–H and O–H groups in total. The molecule has 0 amide bonds. The minimum absolute atomic E-state index is 0.913. The van der Waals surface area contributed by atoms with Crippen molar-refractivity contribution in [3.8, 4) is 10.4 Å². The molecule has 3 heteroatoms.